The Kier molecular flexibility index (Phi) is 11.7. The SMILES string of the molecule is CCCCCC/C(=C\CC(=O)OCc1ccccc1)OC(=O)NCCN1CCCC1. The van der Waals surface area contributed by atoms with Crippen LogP contribution in [0.4, 0.5) is 4.79 Å². The standard InChI is InChI=1S/C24H36N2O4/c1-2-3-4-8-13-22(30-24(28)25-16-19-26-17-9-10-18-26)14-15-23(27)29-20-21-11-6-5-7-12-21/h5-7,11-12,14H,2-4,8-10,13,15-20H2,1H3,(H,25,28)/b22-14+. The van der Waals surface area contributed by atoms with Crippen LogP contribution in [0.15, 0.2) is 42.2 Å². The topological polar surface area (TPSA) is 67.9 Å². The van der Waals surface area contributed by atoms with E-state index in [2.05, 4.69) is 17.1 Å². The van der Waals surface area contributed by atoms with E-state index in [9.17, 15) is 9.59 Å². The highest BCUT2D eigenvalue weighted by Gasteiger charge is 2.13. The number of amides is 1. The summed E-state index contributed by atoms with van der Waals surface area (Å²) in [5.41, 5.74) is 0.947. The summed E-state index contributed by atoms with van der Waals surface area (Å²) in [6.45, 7) is 6.02. The van der Waals surface area contributed by atoms with Gasteiger partial charge < -0.3 is 19.7 Å². The molecule has 0 radical (unpaired) electrons. The monoisotopic (exact) mass is 416 g/mol. The lowest BCUT2D eigenvalue weighted by atomic mass is 10.1. The number of carbonyl (C=O) groups is 2. The number of nitrogens with one attached hydrogen (secondary N) is 1. The molecule has 30 heavy (non-hydrogen) atoms. The lowest BCUT2D eigenvalue weighted by Crippen LogP contribution is -2.33. The van der Waals surface area contributed by atoms with Crippen LogP contribution in [0.2, 0.25) is 0 Å². The van der Waals surface area contributed by atoms with E-state index in [1.54, 1.807) is 6.08 Å². The summed E-state index contributed by atoms with van der Waals surface area (Å²) in [5.74, 6) is 0.212. The predicted octanol–water partition coefficient (Wildman–Crippen LogP) is 4.80. The molecule has 0 aromatic heterocycles. The fraction of sp³-hybridized carbons (Fsp3) is 0.583. The Hall–Kier alpha value is -2.34. The first-order valence-electron chi connectivity index (χ1n) is 11.2. The van der Waals surface area contributed by atoms with Gasteiger partial charge in [0.1, 0.15) is 12.4 Å². The molecule has 0 aliphatic carbocycles. The normalized spacial score (nSPS) is 14.5. The van der Waals surface area contributed by atoms with Crippen LogP contribution in [0.3, 0.4) is 0 Å². The average Bonchev–Trinajstić information content (AvgIpc) is 3.27. The molecular formula is C24H36N2O4. The first-order valence-corrected chi connectivity index (χ1v) is 11.2. The minimum atomic E-state index is -0.450. The third-order valence-electron chi connectivity index (χ3n) is 5.14. The number of nitrogens with zero attached hydrogens (tertiary/aromatic N) is 1. The number of ether oxygens (including phenoxy) is 2. The van der Waals surface area contributed by atoms with Crippen LogP contribution in [0.25, 0.3) is 0 Å². The minimum Gasteiger partial charge on any atom is -0.461 e. The van der Waals surface area contributed by atoms with Crippen LogP contribution >= 0.6 is 0 Å². The van der Waals surface area contributed by atoms with Gasteiger partial charge in [-0.1, -0.05) is 56.5 Å². The van der Waals surface area contributed by atoms with Crippen LogP contribution in [0.5, 0.6) is 0 Å². The van der Waals surface area contributed by atoms with E-state index in [4.69, 9.17) is 9.47 Å². The largest absolute Gasteiger partial charge is 0.461 e. The summed E-state index contributed by atoms with van der Waals surface area (Å²) in [4.78, 5) is 26.6. The number of hydrogen-bond donors (Lipinski definition) is 1. The highest BCUT2D eigenvalue weighted by atomic mass is 16.6. The fourth-order valence-corrected chi connectivity index (χ4v) is 3.39. The van der Waals surface area contributed by atoms with E-state index in [-0.39, 0.29) is 19.0 Å². The number of allylic oxidation sites excluding steroid dienone is 1. The van der Waals surface area contributed by atoms with Crippen molar-refractivity contribution in [2.45, 2.75) is 64.9 Å². The first-order chi connectivity index (χ1) is 14.7. The van der Waals surface area contributed by atoms with E-state index < -0.39 is 6.09 Å². The molecule has 1 amide bonds. The summed E-state index contributed by atoms with van der Waals surface area (Å²) in [6, 6.07) is 9.57. The fourth-order valence-electron chi connectivity index (χ4n) is 3.39. The second-order valence-corrected chi connectivity index (χ2v) is 7.70. The van der Waals surface area contributed by atoms with Gasteiger partial charge in [-0.3, -0.25) is 4.79 Å². The number of rotatable bonds is 13. The number of esters is 1. The Morgan fingerprint density at radius 3 is 2.60 bits per heavy atom. The molecule has 1 aromatic carbocycles. The van der Waals surface area contributed by atoms with Crippen molar-refractivity contribution in [2.24, 2.45) is 0 Å². The van der Waals surface area contributed by atoms with Crippen molar-refractivity contribution in [1.29, 1.82) is 0 Å². The van der Waals surface area contributed by atoms with E-state index in [1.807, 2.05) is 30.3 Å². The molecule has 166 valence electrons. The molecule has 0 saturated carbocycles. The van der Waals surface area contributed by atoms with Crippen molar-refractivity contribution in [3.05, 3.63) is 47.7 Å². The van der Waals surface area contributed by atoms with Crippen molar-refractivity contribution in [3.63, 3.8) is 0 Å². The Bertz CT molecular complexity index is 654. The summed E-state index contributed by atoms with van der Waals surface area (Å²) < 4.78 is 10.8. The summed E-state index contributed by atoms with van der Waals surface area (Å²) in [6.07, 6.45) is 8.73. The maximum Gasteiger partial charge on any atom is 0.412 e. The third kappa shape index (κ3) is 10.4. The van der Waals surface area contributed by atoms with Crippen molar-refractivity contribution in [1.82, 2.24) is 10.2 Å². The molecule has 1 aromatic rings. The molecule has 1 fully saturated rings. The summed E-state index contributed by atoms with van der Waals surface area (Å²) in [7, 11) is 0. The first kappa shape index (κ1) is 23.9. The molecule has 1 aliphatic rings. The maximum absolute atomic E-state index is 12.2. The van der Waals surface area contributed by atoms with E-state index >= 15 is 0 Å². The lowest BCUT2D eigenvalue weighted by molar-refractivity contribution is -0.143. The van der Waals surface area contributed by atoms with Crippen LogP contribution < -0.4 is 5.32 Å². The Morgan fingerprint density at radius 1 is 1.10 bits per heavy atom. The van der Waals surface area contributed by atoms with Crippen LogP contribution in [0, 0.1) is 0 Å². The Balaban J connectivity index is 1.76. The maximum atomic E-state index is 12.2. The smallest absolute Gasteiger partial charge is 0.412 e. The second kappa shape index (κ2) is 14.6. The zero-order chi connectivity index (χ0) is 21.4. The molecule has 0 bridgehead atoms. The molecule has 0 atom stereocenters. The Morgan fingerprint density at radius 2 is 1.87 bits per heavy atom. The van der Waals surface area contributed by atoms with E-state index in [1.165, 1.54) is 12.8 Å². The van der Waals surface area contributed by atoms with Gasteiger partial charge in [0.25, 0.3) is 0 Å². The molecule has 1 N–H and O–H groups in total. The van der Waals surface area contributed by atoms with Crippen molar-refractivity contribution < 1.29 is 19.1 Å². The van der Waals surface area contributed by atoms with E-state index in [0.717, 1.165) is 50.9 Å². The number of alkyl carbamates (subject to hydrolysis) is 1. The highest BCUT2D eigenvalue weighted by Crippen LogP contribution is 2.13. The van der Waals surface area contributed by atoms with Crippen LogP contribution in [-0.4, -0.2) is 43.1 Å². The molecule has 0 unspecified atom stereocenters. The summed E-state index contributed by atoms with van der Waals surface area (Å²) in [5, 5.41) is 2.82. The summed E-state index contributed by atoms with van der Waals surface area (Å²) >= 11 is 0. The molecule has 1 aliphatic heterocycles. The number of unbranched alkanes of at least 4 members (excludes halogenated alkanes) is 3. The van der Waals surface area contributed by atoms with Gasteiger partial charge in [-0.05, 0) is 44.0 Å². The highest BCUT2D eigenvalue weighted by molar-refractivity contribution is 5.72. The predicted molar refractivity (Wildman–Crippen MR) is 118 cm³/mol. The van der Waals surface area contributed by atoms with Gasteiger partial charge in [-0.15, -0.1) is 0 Å². The zero-order valence-corrected chi connectivity index (χ0v) is 18.2. The van der Waals surface area contributed by atoms with Gasteiger partial charge in [0.15, 0.2) is 0 Å². The molecule has 0 spiro atoms. The van der Waals surface area contributed by atoms with Gasteiger partial charge in [-0.25, -0.2) is 4.79 Å². The van der Waals surface area contributed by atoms with Crippen molar-refractivity contribution in [3.8, 4) is 0 Å². The van der Waals surface area contributed by atoms with E-state index in [0.29, 0.717) is 18.7 Å². The lowest BCUT2D eigenvalue weighted by Gasteiger charge is -2.15. The van der Waals surface area contributed by atoms with Gasteiger partial charge in [0.2, 0.25) is 0 Å². The average molecular weight is 417 g/mol. The van der Waals surface area contributed by atoms with Gasteiger partial charge >= 0.3 is 12.1 Å². The molecular weight excluding hydrogens is 380 g/mol. The van der Waals surface area contributed by atoms with Crippen LogP contribution in [-0.2, 0) is 20.9 Å². The quantitative estimate of drug-likeness (QED) is 0.284. The number of benzene rings is 1. The van der Waals surface area contributed by atoms with Crippen molar-refractivity contribution >= 4 is 12.1 Å². The zero-order valence-electron chi connectivity index (χ0n) is 18.2. The number of likely N-dealkylation sites (tertiary alicyclic amines) is 1. The third-order valence-corrected chi connectivity index (χ3v) is 5.14. The number of carbonyl (C=O) groups excluding carboxylic acids is 2. The minimum absolute atomic E-state index is 0.0942. The van der Waals surface area contributed by atoms with Gasteiger partial charge in [0, 0.05) is 19.5 Å². The number of hydrogen-bond acceptors (Lipinski definition) is 5. The second-order valence-electron chi connectivity index (χ2n) is 7.70. The molecule has 1 heterocycles. The molecule has 6 heteroatoms. The van der Waals surface area contributed by atoms with Crippen LogP contribution in [0.1, 0.15) is 63.9 Å². The molecule has 2 rings (SSSR count). The molecule has 6 nitrogen and oxygen atoms in total. The van der Waals surface area contributed by atoms with Gasteiger partial charge in [0.05, 0.1) is 6.42 Å². The Labute approximate surface area is 180 Å². The van der Waals surface area contributed by atoms with Gasteiger partial charge in [-0.2, -0.15) is 0 Å². The van der Waals surface area contributed by atoms with Crippen molar-refractivity contribution in [2.75, 3.05) is 26.2 Å². The molecule has 1 saturated heterocycles.